The number of hydrogen-bond acceptors (Lipinski definition) is 3. The fourth-order valence-electron chi connectivity index (χ4n) is 2.28. The van der Waals surface area contributed by atoms with E-state index < -0.39 is 0 Å². The first-order chi connectivity index (χ1) is 11.0. The van der Waals surface area contributed by atoms with E-state index in [0.29, 0.717) is 17.1 Å². The molecular weight excluding hydrogens is 312 g/mol. The zero-order valence-electron chi connectivity index (χ0n) is 13.3. The van der Waals surface area contributed by atoms with E-state index in [1.807, 2.05) is 26.2 Å². The Bertz CT molecular complexity index is 656. The predicted octanol–water partition coefficient (Wildman–Crippen LogP) is 2.95. The van der Waals surface area contributed by atoms with Crippen LogP contribution in [-0.4, -0.2) is 42.6 Å². The van der Waals surface area contributed by atoms with Gasteiger partial charge in [0.05, 0.1) is 0 Å². The van der Waals surface area contributed by atoms with Gasteiger partial charge in [-0.3, -0.25) is 4.79 Å². The zero-order valence-corrected chi connectivity index (χ0v) is 14.0. The standard InChI is InChI=1S/C18H21ClN2O2/c1-21(2)16(10-13-6-8-17(22)9-7-13)12-20-18(23)14-4-3-5-15(19)11-14/h3-9,11,16,22H,10,12H2,1-2H3,(H,20,23)/t16-/m0/s1. The molecule has 0 aliphatic rings. The largest absolute Gasteiger partial charge is 0.508 e. The minimum absolute atomic E-state index is 0.134. The van der Waals surface area contributed by atoms with Crippen molar-refractivity contribution >= 4 is 17.5 Å². The van der Waals surface area contributed by atoms with Crippen molar-refractivity contribution < 1.29 is 9.90 Å². The molecule has 0 radical (unpaired) electrons. The second-order valence-electron chi connectivity index (χ2n) is 5.71. The Balaban J connectivity index is 1.97. The highest BCUT2D eigenvalue weighted by Gasteiger charge is 2.14. The lowest BCUT2D eigenvalue weighted by Gasteiger charge is -2.25. The molecular formula is C18H21ClN2O2. The second-order valence-corrected chi connectivity index (χ2v) is 6.14. The molecule has 0 aromatic heterocycles. The summed E-state index contributed by atoms with van der Waals surface area (Å²) >= 11 is 5.91. The van der Waals surface area contributed by atoms with Gasteiger partial charge in [-0.05, 0) is 56.4 Å². The highest BCUT2D eigenvalue weighted by atomic mass is 35.5. The van der Waals surface area contributed by atoms with E-state index in [1.165, 1.54) is 0 Å². The lowest BCUT2D eigenvalue weighted by Crippen LogP contribution is -2.41. The first-order valence-electron chi connectivity index (χ1n) is 7.44. The number of nitrogens with one attached hydrogen (secondary N) is 1. The third-order valence-electron chi connectivity index (χ3n) is 3.72. The molecule has 2 N–H and O–H groups in total. The number of phenols is 1. The van der Waals surface area contributed by atoms with Crippen LogP contribution in [0.2, 0.25) is 5.02 Å². The molecule has 2 aromatic carbocycles. The van der Waals surface area contributed by atoms with Crippen LogP contribution in [0.25, 0.3) is 0 Å². The van der Waals surface area contributed by atoms with Crippen molar-refractivity contribution in [1.29, 1.82) is 0 Å². The maximum Gasteiger partial charge on any atom is 0.251 e. The molecule has 0 saturated carbocycles. The van der Waals surface area contributed by atoms with Crippen molar-refractivity contribution in [2.75, 3.05) is 20.6 Å². The first kappa shape index (κ1) is 17.3. The summed E-state index contributed by atoms with van der Waals surface area (Å²) in [4.78, 5) is 14.3. The quantitative estimate of drug-likeness (QED) is 0.855. The number of phenolic OH excluding ortho intramolecular Hbond substituents is 1. The lowest BCUT2D eigenvalue weighted by molar-refractivity contribution is 0.0941. The van der Waals surface area contributed by atoms with Gasteiger partial charge in [0.15, 0.2) is 0 Å². The normalized spacial score (nSPS) is 12.2. The molecule has 0 saturated heterocycles. The average molecular weight is 333 g/mol. The van der Waals surface area contributed by atoms with E-state index in [1.54, 1.807) is 36.4 Å². The van der Waals surface area contributed by atoms with Gasteiger partial charge in [-0.15, -0.1) is 0 Å². The van der Waals surface area contributed by atoms with Gasteiger partial charge >= 0.3 is 0 Å². The number of nitrogens with zero attached hydrogens (tertiary/aromatic N) is 1. The Kier molecular flexibility index (Phi) is 6.02. The Hall–Kier alpha value is -2.04. The minimum Gasteiger partial charge on any atom is -0.508 e. The van der Waals surface area contributed by atoms with Crippen molar-refractivity contribution in [3.05, 3.63) is 64.7 Å². The van der Waals surface area contributed by atoms with Crippen LogP contribution >= 0.6 is 11.6 Å². The van der Waals surface area contributed by atoms with Crippen LogP contribution in [0, 0.1) is 0 Å². The van der Waals surface area contributed by atoms with Crippen molar-refractivity contribution in [3.8, 4) is 5.75 Å². The Morgan fingerprint density at radius 1 is 1.22 bits per heavy atom. The summed E-state index contributed by atoms with van der Waals surface area (Å²) in [6.07, 6.45) is 0.781. The molecule has 2 aromatic rings. The topological polar surface area (TPSA) is 52.6 Å². The van der Waals surface area contributed by atoms with Crippen molar-refractivity contribution in [2.45, 2.75) is 12.5 Å². The molecule has 0 unspecified atom stereocenters. The van der Waals surface area contributed by atoms with Crippen LogP contribution in [0.3, 0.4) is 0 Å². The third-order valence-corrected chi connectivity index (χ3v) is 3.96. The molecule has 4 nitrogen and oxygen atoms in total. The summed E-state index contributed by atoms with van der Waals surface area (Å²) in [5.41, 5.74) is 1.66. The molecule has 0 heterocycles. The number of carbonyl (C=O) groups is 1. The molecule has 0 aliphatic heterocycles. The van der Waals surface area contributed by atoms with Crippen LogP contribution in [-0.2, 0) is 6.42 Å². The SMILES string of the molecule is CN(C)[C@H](CNC(=O)c1cccc(Cl)c1)Cc1ccc(O)cc1. The maximum atomic E-state index is 12.2. The van der Waals surface area contributed by atoms with E-state index >= 15 is 0 Å². The zero-order chi connectivity index (χ0) is 16.8. The summed E-state index contributed by atoms with van der Waals surface area (Å²) in [7, 11) is 3.97. The first-order valence-corrected chi connectivity index (χ1v) is 7.81. The van der Waals surface area contributed by atoms with Gasteiger partial charge in [-0.25, -0.2) is 0 Å². The smallest absolute Gasteiger partial charge is 0.251 e. The third kappa shape index (κ3) is 5.27. The van der Waals surface area contributed by atoms with Gasteiger partial charge in [0.2, 0.25) is 0 Å². The number of halogens is 1. The molecule has 0 aliphatic carbocycles. The molecule has 122 valence electrons. The molecule has 0 spiro atoms. The number of aromatic hydroxyl groups is 1. The Labute approximate surface area is 141 Å². The summed E-state index contributed by atoms with van der Waals surface area (Å²) in [6, 6.07) is 14.2. The number of benzene rings is 2. The van der Waals surface area contributed by atoms with Crippen LogP contribution < -0.4 is 5.32 Å². The number of amides is 1. The minimum atomic E-state index is -0.134. The van der Waals surface area contributed by atoms with E-state index in [0.717, 1.165) is 12.0 Å². The average Bonchev–Trinajstić information content (AvgIpc) is 2.52. The maximum absolute atomic E-state index is 12.2. The van der Waals surface area contributed by atoms with E-state index in [-0.39, 0.29) is 17.7 Å². The van der Waals surface area contributed by atoms with Gasteiger partial charge in [0, 0.05) is 23.2 Å². The van der Waals surface area contributed by atoms with Crippen molar-refractivity contribution in [1.82, 2.24) is 10.2 Å². The van der Waals surface area contributed by atoms with Crippen LogP contribution in [0.4, 0.5) is 0 Å². The van der Waals surface area contributed by atoms with Gasteiger partial charge in [-0.1, -0.05) is 29.8 Å². The van der Waals surface area contributed by atoms with Crippen molar-refractivity contribution in [3.63, 3.8) is 0 Å². The number of carbonyl (C=O) groups excluding carboxylic acids is 1. The van der Waals surface area contributed by atoms with E-state index in [9.17, 15) is 9.90 Å². The van der Waals surface area contributed by atoms with Gasteiger partial charge < -0.3 is 15.3 Å². The van der Waals surface area contributed by atoms with Crippen LogP contribution in [0.15, 0.2) is 48.5 Å². The molecule has 2 rings (SSSR count). The number of rotatable bonds is 6. The molecule has 1 atom stereocenters. The number of likely N-dealkylation sites (N-methyl/N-ethyl adjacent to an activating group) is 1. The second kappa shape index (κ2) is 7.99. The van der Waals surface area contributed by atoms with Gasteiger partial charge in [0.25, 0.3) is 5.91 Å². The van der Waals surface area contributed by atoms with E-state index in [4.69, 9.17) is 11.6 Å². The summed E-state index contributed by atoms with van der Waals surface area (Å²) in [6.45, 7) is 0.527. The van der Waals surface area contributed by atoms with Crippen LogP contribution in [0.5, 0.6) is 5.75 Å². The molecule has 5 heteroatoms. The van der Waals surface area contributed by atoms with E-state index in [2.05, 4.69) is 10.2 Å². The Morgan fingerprint density at radius 3 is 2.52 bits per heavy atom. The molecule has 0 fully saturated rings. The Morgan fingerprint density at radius 2 is 1.91 bits per heavy atom. The fourth-order valence-corrected chi connectivity index (χ4v) is 2.47. The highest BCUT2D eigenvalue weighted by Crippen LogP contribution is 2.13. The predicted molar refractivity (Wildman–Crippen MR) is 93.1 cm³/mol. The lowest BCUT2D eigenvalue weighted by atomic mass is 10.0. The summed E-state index contributed by atoms with van der Waals surface area (Å²) < 4.78 is 0. The van der Waals surface area contributed by atoms with Gasteiger partial charge in [-0.2, -0.15) is 0 Å². The summed E-state index contributed by atoms with van der Waals surface area (Å²) in [5.74, 6) is 0.120. The van der Waals surface area contributed by atoms with Crippen molar-refractivity contribution in [2.24, 2.45) is 0 Å². The monoisotopic (exact) mass is 332 g/mol. The molecule has 23 heavy (non-hydrogen) atoms. The summed E-state index contributed by atoms with van der Waals surface area (Å²) in [5, 5.41) is 12.8. The fraction of sp³-hybridized carbons (Fsp3) is 0.278. The molecule has 0 bridgehead atoms. The number of hydrogen-bond donors (Lipinski definition) is 2. The highest BCUT2D eigenvalue weighted by molar-refractivity contribution is 6.30. The molecule has 1 amide bonds. The van der Waals surface area contributed by atoms with Gasteiger partial charge in [0.1, 0.15) is 5.75 Å². The van der Waals surface area contributed by atoms with Crippen LogP contribution in [0.1, 0.15) is 15.9 Å².